The second-order valence-electron chi connectivity index (χ2n) is 12.6. The van der Waals surface area contributed by atoms with Crippen LogP contribution in [-0.4, -0.2) is 8.07 Å². The second kappa shape index (κ2) is 14.2. The molecule has 2 nitrogen and oxygen atoms in total. The maximum Gasteiger partial charge on any atom is 0.179 e. The normalized spacial score (nSPS) is 11.5. The standard InChI is InChI=1S/C48H37NOSi/c1-2-45-46-32-31-38(37-19-8-3-9-20-37)35-48(46)50-47(45)33-34-49(39-21-10-4-11-22-39)40-23-18-30-44(36-40)51(41-24-12-5-13-25-41,42-26-14-6-15-27-42)43-28-16-7-17-29-43/h2-36H,1H2/b34-33+. The molecule has 0 aliphatic carbocycles. The SMILES string of the molecule is C=Cc1c(/C=C/N(c2ccccc2)c2cccc([Si](c3ccccc3)(c3ccccc3)c3ccccc3)c2)oc2cc(-c3ccccc3)ccc12. The van der Waals surface area contributed by atoms with Crippen molar-refractivity contribution in [3.63, 3.8) is 0 Å². The highest BCUT2D eigenvalue weighted by molar-refractivity contribution is 7.19. The highest BCUT2D eigenvalue weighted by Gasteiger charge is 2.41. The Bertz CT molecular complexity index is 2320. The fourth-order valence-corrected chi connectivity index (χ4v) is 12.1. The van der Waals surface area contributed by atoms with E-state index in [4.69, 9.17) is 4.42 Å². The minimum Gasteiger partial charge on any atom is -0.456 e. The largest absolute Gasteiger partial charge is 0.456 e. The van der Waals surface area contributed by atoms with E-state index in [2.05, 4.69) is 212 Å². The van der Waals surface area contributed by atoms with Crippen molar-refractivity contribution in [1.82, 2.24) is 0 Å². The molecule has 0 fully saturated rings. The lowest BCUT2D eigenvalue weighted by Crippen LogP contribution is -2.74. The molecule has 0 saturated carbocycles. The summed E-state index contributed by atoms with van der Waals surface area (Å²) < 4.78 is 6.55. The van der Waals surface area contributed by atoms with Crippen LogP contribution in [0.25, 0.3) is 34.2 Å². The number of furan rings is 1. The molecule has 1 heterocycles. The van der Waals surface area contributed by atoms with Gasteiger partial charge in [0.2, 0.25) is 0 Å². The van der Waals surface area contributed by atoms with Gasteiger partial charge in [0.15, 0.2) is 8.07 Å². The number of fused-ring (bicyclic) bond motifs is 1. The summed E-state index contributed by atoms with van der Waals surface area (Å²) in [5.41, 5.74) is 6.21. The first-order valence-corrected chi connectivity index (χ1v) is 19.3. The van der Waals surface area contributed by atoms with E-state index < -0.39 is 8.07 Å². The van der Waals surface area contributed by atoms with E-state index in [1.54, 1.807) is 0 Å². The van der Waals surface area contributed by atoms with Crippen molar-refractivity contribution in [1.29, 1.82) is 0 Å². The summed E-state index contributed by atoms with van der Waals surface area (Å²) in [6.07, 6.45) is 6.07. The van der Waals surface area contributed by atoms with Gasteiger partial charge in [0.1, 0.15) is 11.3 Å². The third-order valence-corrected chi connectivity index (χ3v) is 14.4. The molecule has 0 aliphatic rings. The van der Waals surface area contributed by atoms with Crippen LogP contribution < -0.4 is 25.6 Å². The minimum absolute atomic E-state index is 0.767. The molecule has 8 rings (SSSR count). The van der Waals surface area contributed by atoms with Crippen molar-refractivity contribution >= 4 is 63.3 Å². The lowest BCUT2D eigenvalue weighted by molar-refractivity contribution is 0.603. The smallest absolute Gasteiger partial charge is 0.179 e. The molecular weight excluding hydrogens is 635 g/mol. The van der Waals surface area contributed by atoms with Crippen LogP contribution in [0.3, 0.4) is 0 Å². The molecule has 0 N–H and O–H groups in total. The molecule has 0 aliphatic heterocycles. The maximum absolute atomic E-state index is 6.55. The Balaban J connectivity index is 1.28. The summed E-state index contributed by atoms with van der Waals surface area (Å²) in [5, 5.41) is 6.38. The Morgan fingerprint density at radius 2 is 0.980 bits per heavy atom. The fraction of sp³-hybridized carbons (Fsp3) is 0. The number of benzene rings is 7. The van der Waals surface area contributed by atoms with E-state index in [9.17, 15) is 0 Å². The zero-order valence-electron chi connectivity index (χ0n) is 28.3. The molecule has 7 aromatic carbocycles. The second-order valence-corrected chi connectivity index (χ2v) is 16.4. The van der Waals surface area contributed by atoms with Gasteiger partial charge >= 0.3 is 0 Å². The van der Waals surface area contributed by atoms with Crippen LogP contribution in [0, 0.1) is 0 Å². The molecule has 244 valence electrons. The van der Waals surface area contributed by atoms with E-state index in [1.165, 1.54) is 20.7 Å². The van der Waals surface area contributed by atoms with Crippen molar-refractivity contribution in [2.75, 3.05) is 4.90 Å². The summed E-state index contributed by atoms with van der Waals surface area (Å²) in [7, 11) is -2.72. The Morgan fingerprint density at radius 1 is 0.471 bits per heavy atom. The van der Waals surface area contributed by atoms with Crippen LogP contribution in [0.2, 0.25) is 0 Å². The average Bonchev–Trinajstić information content (AvgIpc) is 3.57. The van der Waals surface area contributed by atoms with E-state index in [0.29, 0.717) is 0 Å². The molecular formula is C48H37NOSi. The van der Waals surface area contributed by atoms with Gasteiger partial charge in [-0.25, -0.2) is 0 Å². The summed E-state index contributed by atoms with van der Waals surface area (Å²) in [5.74, 6) is 0.767. The lowest BCUT2D eigenvalue weighted by Gasteiger charge is -2.35. The number of para-hydroxylation sites is 1. The zero-order valence-corrected chi connectivity index (χ0v) is 29.3. The zero-order chi connectivity index (χ0) is 34.5. The van der Waals surface area contributed by atoms with Crippen molar-refractivity contribution in [2.45, 2.75) is 0 Å². The quantitative estimate of drug-likeness (QED) is 0.106. The van der Waals surface area contributed by atoms with Crippen LogP contribution >= 0.6 is 0 Å². The lowest BCUT2D eigenvalue weighted by atomic mass is 10.0. The van der Waals surface area contributed by atoms with Gasteiger partial charge in [-0.2, -0.15) is 0 Å². The number of hydrogen-bond donors (Lipinski definition) is 0. The highest BCUT2D eigenvalue weighted by atomic mass is 28.3. The van der Waals surface area contributed by atoms with Gasteiger partial charge in [-0.15, -0.1) is 0 Å². The molecule has 0 radical (unpaired) electrons. The van der Waals surface area contributed by atoms with Crippen LogP contribution in [0.4, 0.5) is 11.4 Å². The van der Waals surface area contributed by atoms with Crippen LogP contribution in [0.5, 0.6) is 0 Å². The van der Waals surface area contributed by atoms with Gasteiger partial charge in [-0.05, 0) is 74.3 Å². The van der Waals surface area contributed by atoms with Gasteiger partial charge in [-0.1, -0.05) is 170 Å². The number of rotatable bonds is 10. The van der Waals surface area contributed by atoms with E-state index >= 15 is 0 Å². The number of nitrogens with zero attached hydrogens (tertiary/aromatic N) is 1. The van der Waals surface area contributed by atoms with Crippen LogP contribution in [-0.2, 0) is 0 Å². The van der Waals surface area contributed by atoms with Crippen molar-refractivity contribution < 1.29 is 4.42 Å². The third kappa shape index (κ3) is 6.05. The summed E-state index contributed by atoms with van der Waals surface area (Å²) in [6, 6.07) is 69.5. The molecule has 0 spiro atoms. The predicted molar refractivity (Wildman–Crippen MR) is 219 cm³/mol. The molecule has 0 amide bonds. The van der Waals surface area contributed by atoms with E-state index in [-0.39, 0.29) is 0 Å². The Labute approximate surface area is 300 Å². The molecule has 0 bridgehead atoms. The highest BCUT2D eigenvalue weighted by Crippen LogP contribution is 2.33. The maximum atomic E-state index is 6.55. The van der Waals surface area contributed by atoms with Gasteiger partial charge in [0.25, 0.3) is 0 Å². The molecule has 0 atom stereocenters. The summed E-state index contributed by atoms with van der Waals surface area (Å²) in [6.45, 7) is 4.16. The molecule has 3 heteroatoms. The van der Waals surface area contributed by atoms with Crippen molar-refractivity contribution in [2.24, 2.45) is 0 Å². The van der Waals surface area contributed by atoms with Gasteiger partial charge in [0, 0.05) is 28.5 Å². The van der Waals surface area contributed by atoms with Gasteiger partial charge in [0.05, 0.1) is 0 Å². The predicted octanol–water partition coefficient (Wildman–Crippen LogP) is 9.93. The van der Waals surface area contributed by atoms with E-state index in [1.807, 2.05) is 12.1 Å². The topological polar surface area (TPSA) is 16.4 Å². The van der Waals surface area contributed by atoms with Crippen LogP contribution in [0.1, 0.15) is 11.3 Å². The van der Waals surface area contributed by atoms with Gasteiger partial charge < -0.3 is 9.32 Å². The molecule has 0 unspecified atom stereocenters. The van der Waals surface area contributed by atoms with Crippen molar-refractivity contribution in [3.05, 3.63) is 218 Å². The monoisotopic (exact) mass is 671 g/mol. The Kier molecular flexibility index (Phi) is 8.86. The Hall–Kier alpha value is -6.42. The first-order valence-electron chi connectivity index (χ1n) is 17.3. The first-order chi connectivity index (χ1) is 25.3. The first kappa shape index (κ1) is 31.8. The van der Waals surface area contributed by atoms with Crippen molar-refractivity contribution in [3.8, 4) is 11.1 Å². The minimum atomic E-state index is -2.72. The molecule has 8 aromatic rings. The summed E-state index contributed by atoms with van der Waals surface area (Å²) >= 11 is 0. The summed E-state index contributed by atoms with van der Waals surface area (Å²) in [4.78, 5) is 2.25. The van der Waals surface area contributed by atoms with Crippen LogP contribution in [0.15, 0.2) is 211 Å². The molecule has 51 heavy (non-hydrogen) atoms. The third-order valence-electron chi connectivity index (χ3n) is 9.66. The van der Waals surface area contributed by atoms with E-state index in [0.717, 1.165) is 44.8 Å². The number of hydrogen-bond acceptors (Lipinski definition) is 2. The molecule has 0 saturated heterocycles. The molecule has 1 aromatic heterocycles. The average molecular weight is 672 g/mol. The van der Waals surface area contributed by atoms with Gasteiger partial charge in [-0.3, -0.25) is 0 Å². The Morgan fingerprint density at radius 3 is 1.55 bits per heavy atom. The fourth-order valence-electron chi connectivity index (χ4n) is 7.29. The number of anilines is 2.